The topological polar surface area (TPSA) is 125 Å². The Hall–Kier alpha value is -4.27. The minimum atomic E-state index is -0.774. The third-order valence-corrected chi connectivity index (χ3v) is 4.64. The number of aryl methyl sites for hydroxylation is 1. The Labute approximate surface area is 177 Å². The largest absolute Gasteiger partial charge is 0.487 e. The monoisotopic (exact) mass is 421 g/mol. The van der Waals surface area contributed by atoms with Crippen LogP contribution in [-0.2, 0) is 6.61 Å². The molecule has 0 fully saturated rings. The van der Waals surface area contributed by atoms with Crippen LogP contribution in [0.3, 0.4) is 0 Å². The van der Waals surface area contributed by atoms with E-state index in [9.17, 15) is 25.0 Å². The van der Waals surface area contributed by atoms with Crippen molar-refractivity contribution < 1.29 is 19.4 Å². The SMILES string of the molecule is Cc1ccc(NC(=O)c2cc([N+](=O)[O-])cc([N+](=O)[O-])c2C)c(OCc2ccccc2)c1. The Bertz CT molecular complexity index is 1160. The molecule has 3 rings (SSSR count). The number of carbonyl (C=O) groups is 1. The highest BCUT2D eigenvalue weighted by Crippen LogP contribution is 2.31. The third-order valence-electron chi connectivity index (χ3n) is 4.64. The van der Waals surface area contributed by atoms with Gasteiger partial charge in [0, 0.05) is 11.6 Å². The Morgan fingerprint density at radius 1 is 0.968 bits per heavy atom. The van der Waals surface area contributed by atoms with Crippen LogP contribution in [0.1, 0.15) is 27.0 Å². The zero-order valence-corrected chi connectivity index (χ0v) is 16.8. The number of benzene rings is 3. The van der Waals surface area contributed by atoms with Crippen LogP contribution >= 0.6 is 0 Å². The summed E-state index contributed by atoms with van der Waals surface area (Å²) in [5.41, 5.74) is 1.04. The number of nitrogens with zero attached hydrogens (tertiary/aromatic N) is 2. The number of amides is 1. The van der Waals surface area contributed by atoms with Crippen molar-refractivity contribution in [3.05, 3.63) is 103 Å². The van der Waals surface area contributed by atoms with Gasteiger partial charge < -0.3 is 10.1 Å². The molecule has 0 aromatic heterocycles. The zero-order chi connectivity index (χ0) is 22.5. The number of carbonyl (C=O) groups excluding carboxylic acids is 1. The predicted octanol–water partition coefficient (Wildman–Crippen LogP) is 4.95. The van der Waals surface area contributed by atoms with Crippen LogP contribution in [0, 0.1) is 34.1 Å². The van der Waals surface area contributed by atoms with Gasteiger partial charge in [-0.25, -0.2) is 0 Å². The smallest absolute Gasteiger partial charge is 0.279 e. The van der Waals surface area contributed by atoms with Crippen molar-refractivity contribution in [3.63, 3.8) is 0 Å². The highest BCUT2D eigenvalue weighted by molar-refractivity contribution is 6.07. The van der Waals surface area contributed by atoms with E-state index in [1.165, 1.54) is 6.92 Å². The highest BCUT2D eigenvalue weighted by atomic mass is 16.6. The van der Waals surface area contributed by atoms with Crippen LogP contribution in [0.5, 0.6) is 5.75 Å². The standard InChI is InChI=1S/C22H19N3O6/c1-14-8-9-19(21(10-14)31-13-16-6-4-3-5-7-16)23-22(26)18-11-17(24(27)28)12-20(15(18)2)25(29)30/h3-12H,13H2,1-2H3,(H,23,26). The lowest BCUT2D eigenvalue weighted by atomic mass is 10.0. The number of anilines is 1. The second kappa shape index (κ2) is 9.04. The van der Waals surface area contributed by atoms with Gasteiger partial charge in [0.2, 0.25) is 0 Å². The summed E-state index contributed by atoms with van der Waals surface area (Å²) in [5.74, 6) is -0.299. The Morgan fingerprint density at radius 3 is 2.32 bits per heavy atom. The van der Waals surface area contributed by atoms with Crippen LogP contribution in [0.25, 0.3) is 0 Å². The molecule has 0 aliphatic heterocycles. The molecule has 0 aliphatic carbocycles. The molecule has 0 aliphatic rings. The zero-order valence-electron chi connectivity index (χ0n) is 16.8. The fourth-order valence-corrected chi connectivity index (χ4v) is 2.99. The molecular weight excluding hydrogens is 402 g/mol. The van der Waals surface area contributed by atoms with Crippen LogP contribution in [-0.4, -0.2) is 15.8 Å². The van der Waals surface area contributed by atoms with Gasteiger partial charge in [-0.05, 0) is 37.1 Å². The van der Waals surface area contributed by atoms with Crippen molar-refractivity contribution >= 4 is 23.0 Å². The summed E-state index contributed by atoms with van der Waals surface area (Å²) in [6.07, 6.45) is 0. The molecule has 158 valence electrons. The van der Waals surface area contributed by atoms with Gasteiger partial charge in [0.25, 0.3) is 17.3 Å². The van der Waals surface area contributed by atoms with Crippen molar-refractivity contribution in [1.29, 1.82) is 0 Å². The number of nitro groups is 2. The third kappa shape index (κ3) is 5.02. The molecule has 0 saturated heterocycles. The van der Waals surface area contributed by atoms with E-state index >= 15 is 0 Å². The van der Waals surface area contributed by atoms with Crippen LogP contribution in [0.2, 0.25) is 0 Å². The molecular formula is C22H19N3O6. The second-order valence-electron chi connectivity index (χ2n) is 6.88. The van der Waals surface area contributed by atoms with Gasteiger partial charge in [-0.1, -0.05) is 36.4 Å². The average Bonchev–Trinajstić information content (AvgIpc) is 2.74. The maximum atomic E-state index is 12.9. The van der Waals surface area contributed by atoms with E-state index in [0.717, 1.165) is 23.3 Å². The first-order chi connectivity index (χ1) is 14.8. The molecule has 31 heavy (non-hydrogen) atoms. The number of ether oxygens (including phenoxy) is 1. The van der Waals surface area contributed by atoms with Crippen molar-refractivity contribution in [2.75, 3.05) is 5.32 Å². The number of non-ortho nitro benzene ring substituents is 1. The van der Waals surface area contributed by atoms with Gasteiger partial charge >= 0.3 is 0 Å². The number of nitrogens with one attached hydrogen (secondary N) is 1. The highest BCUT2D eigenvalue weighted by Gasteiger charge is 2.25. The summed E-state index contributed by atoms with van der Waals surface area (Å²) in [7, 11) is 0. The molecule has 3 aromatic carbocycles. The van der Waals surface area contributed by atoms with Crippen molar-refractivity contribution in [2.45, 2.75) is 20.5 Å². The van der Waals surface area contributed by atoms with Gasteiger partial charge in [-0.3, -0.25) is 25.0 Å². The maximum Gasteiger partial charge on any atom is 0.279 e. The van der Waals surface area contributed by atoms with Crippen LogP contribution < -0.4 is 10.1 Å². The summed E-state index contributed by atoms with van der Waals surface area (Å²) in [6, 6.07) is 16.5. The summed E-state index contributed by atoms with van der Waals surface area (Å²) < 4.78 is 5.86. The van der Waals surface area contributed by atoms with Gasteiger partial charge in [-0.15, -0.1) is 0 Å². The molecule has 0 saturated carbocycles. The molecule has 0 radical (unpaired) electrons. The van der Waals surface area contributed by atoms with Crippen molar-refractivity contribution in [1.82, 2.24) is 0 Å². The minimum absolute atomic E-state index is 0.0342. The van der Waals surface area contributed by atoms with E-state index in [1.807, 2.05) is 37.3 Å². The van der Waals surface area contributed by atoms with E-state index in [2.05, 4.69) is 5.32 Å². The number of rotatable bonds is 7. The average molecular weight is 421 g/mol. The molecule has 1 N–H and O–H groups in total. The minimum Gasteiger partial charge on any atom is -0.487 e. The molecule has 1 amide bonds. The molecule has 0 heterocycles. The van der Waals surface area contributed by atoms with Crippen LogP contribution in [0.15, 0.2) is 60.7 Å². The van der Waals surface area contributed by atoms with E-state index in [1.54, 1.807) is 18.2 Å². The number of nitro benzene ring substituents is 2. The van der Waals surface area contributed by atoms with Gasteiger partial charge in [0.1, 0.15) is 12.4 Å². The van der Waals surface area contributed by atoms with Crippen molar-refractivity contribution in [2.24, 2.45) is 0 Å². The molecule has 3 aromatic rings. The summed E-state index contributed by atoms with van der Waals surface area (Å²) in [4.78, 5) is 33.8. The second-order valence-corrected chi connectivity index (χ2v) is 6.88. The lowest BCUT2D eigenvalue weighted by Crippen LogP contribution is -2.15. The Kier molecular flexibility index (Phi) is 6.25. The van der Waals surface area contributed by atoms with Gasteiger partial charge in [0.05, 0.1) is 27.2 Å². The van der Waals surface area contributed by atoms with E-state index in [-0.39, 0.29) is 17.7 Å². The summed E-state index contributed by atoms with van der Waals surface area (Å²) in [6.45, 7) is 3.52. The first kappa shape index (κ1) is 21.4. The molecule has 9 nitrogen and oxygen atoms in total. The molecule has 0 atom stereocenters. The number of hydrogen-bond donors (Lipinski definition) is 1. The number of hydrogen-bond acceptors (Lipinski definition) is 6. The molecule has 9 heteroatoms. The quantitative estimate of drug-likeness (QED) is 0.425. The molecule has 0 unspecified atom stereocenters. The normalized spacial score (nSPS) is 10.4. The van der Waals surface area contributed by atoms with E-state index in [4.69, 9.17) is 4.74 Å². The van der Waals surface area contributed by atoms with Crippen molar-refractivity contribution in [3.8, 4) is 5.75 Å². The molecule has 0 spiro atoms. The van der Waals surface area contributed by atoms with E-state index in [0.29, 0.717) is 11.4 Å². The lowest BCUT2D eigenvalue weighted by molar-refractivity contribution is -0.394. The first-order valence-electron chi connectivity index (χ1n) is 9.28. The van der Waals surface area contributed by atoms with Crippen LogP contribution in [0.4, 0.5) is 17.1 Å². The predicted molar refractivity (Wildman–Crippen MR) is 114 cm³/mol. The summed E-state index contributed by atoms with van der Waals surface area (Å²) in [5, 5.41) is 25.1. The lowest BCUT2D eigenvalue weighted by Gasteiger charge is -2.14. The Balaban J connectivity index is 1.91. The Morgan fingerprint density at radius 2 is 1.68 bits per heavy atom. The maximum absolute atomic E-state index is 12.9. The summed E-state index contributed by atoms with van der Waals surface area (Å²) >= 11 is 0. The first-order valence-corrected chi connectivity index (χ1v) is 9.28. The van der Waals surface area contributed by atoms with E-state index < -0.39 is 27.1 Å². The van der Waals surface area contributed by atoms with Gasteiger partial charge in [0.15, 0.2) is 0 Å². The fourth-order valence-electron chi connectivity index (χ4n) is 2.99. The fraction of sp³-hybridized carbons (Fsp3) is 0.136. The molecule has 0 bridgehead atoms. The van der Waals surface area contributed by atoms with Gasteiger partial charge in [-0.2, -0.15) is 0 Å².